The van der Waals surface area contributed by atoms with E-state index in [4.69, 9.17) is 9.84 Å². The fourth-order valence-electron chi connectivity index (χ4n) is 4.40. The number of aromatic nitrogens is 1. The molecule has 7 heteroatoms. The van der Waals surface area contributed by atoms with E-state index < -0.39 is 0 Å². The Balaban J connectivity index is 1.70. The molecule has 0 unspecified atom stereocenters. The monoisotopic (exact) mass is 499 g/mol. The SMILES string of the molecule is COc1cc(-c2cccc(-c3cccc(NC(=O)c4ccccn4)c3C)c2C)cc(F)c1CNCCO. The Morgan fingerprint density at radius 2 is 1.70 bits per heavy atom. The Kier molecular flexibility index (Phi) is 8.28. The highest BCUT2D eigenvalue weighted by Gasteiger charge is 2.17. The number of carbonyl (C=O) groups is 1. The first kappa shape index (κ1) is 26.0. The van der Waals surface area contributed by atoms with E-state index in [-0.39, 0.29) is 24.9 Å². The molecule has 1 heterocycles. The van der Waals surface area contributed by atoms with Crippen LogP contribution < -0.4 is 15.4 Å². The lowest BCUT2D eigenvalue weighted by molar-refractivity contribution is 0.102. The van der Waals surface area contributed by atoms with Crippen molar-refractivity contribution in [2.45, 2.75) is 20.4 Å². The smallest absolute Gasteiger partial charge is 0.274 e. The maximum absolute atomic E-state index is 15.1. The number of anilines is 1. The molecule has 0 fully saturated rings. The number of carbonyl (C=O) groups excluding carboxylic acids is 1. The lowest BCUT2D eigenvalue weighted by Gasteiger charge is -2.18. The molecule has 4 rings (SSSR count). The Hall–Kier alpha value is -4.07. The molecular formula is C30H30FN3O3. The van der Waals surface area contributed by atoms with Crippen molar-refractivity contribution in [3.05, 3.63) is 101 Å². The third-order valence-electron chi connectivity index (χ3n) is 6.38. The third-order valence-corrected chi connectivity index (χ3v) is 6.38. The second-order valence-electron chi connectivity index (χ2n) is 8.66. The minimum atomic E-state index is -0.375. The van der Waals surface area contributed by atoms with Crippen molar-refractivity contribution in [2.75, 3.05) is 25.6 Å². The van der Waals surface area contributed by atoms with Gasteiger partial charge in [0.05, 0.1) is 13.7 Å². The third kappa shape index (κ3) is 5.69. The van der Waals surface area contributed by atoms with Crippen molar-refractivity contribution < 1.29 is 19.0 Å². The highest BCUT2D eigenvalue weighted by Crippen LogP contribution is 2.37. The van der Waals surface area contributed by atoms with Crippen LogP contribution in [-0.2, 0) is 6.54 Å². The molecule has 190 valence electrons. The zero-order valence-electron chi connectivity index (χ0n) is 21.1. The minimum Gasteiger partial charge on any atom is -0.496 e. The van der Waals surface area contributed by atoms with Gasteiger partial charge < -0.3 is 20.5 Å². The molecule has 0 saturated heterocycles. The van der Waals surface area contributed by atoms with Crippen LogP contribution in [0, 0.1) is 19.7 Å². The standard InChI is InChI=1S/C30H30FN3O3/c1-19-22(21-16-26(31)25(18-32-14-15-35)29(17-21)37-3)8-6-9-23(19)24-10-7-12-27(20(24)2)34-30(36)28-11-4-5-13-33-28/h4-13,16-17,32,35H,14-15,18H2,1-3H3,(H,34,36). The van der Waals surface area contributed by atoms with Gasteiger partial charge in [0, 0.05) is 30.5 Å². The number of benzene rings is 3. The fourth-order valence-corrected chi connectivity index (χ4v) is 4.40. The van der Waals surface area contributed by atoms with Crippen LogP contribution in [0.2, 0.25) is 0 Å². The molecule has 0 aliphatic rings. The van der Waals surface area contributed by atoms with Crippen molar-refractivity contribution in [3.63, 3.8) is 0 Å². The molecular weight excluding hydrogens is 469 g/mol. The Bertz CT molecular complexity index is 1410. The predicted molar refractivity (Wildman–Crippen MR) is 144 cm³/mol. The molecule has 6 nitrogen and oxygen atoms in total. The van der Waals surface area contributed by atoms with E-state index in [1.807, 2.05) is 56.3 Å². The first-order chi connectivity index (χ1) is 17.9. The fraction of sp³-hybridized carbons (Fsp3) is 0.200. The van der Waals surface area contributed by atoms with Crippen LogP contribution in [0.3, 0.4) is 0 Å². The number of pyridine rings is 1. The first-order valence-electron chi connectivity index (χ1n) is 12.0. The van der Waals surface area contributed by atoms with E-state index >= 15 is 4.39 Å². The van der Waals surface area contributed by atoms with Gasteiger partial charge in [0.25, 0.3) is 5.91 Å². The predicted octanol–water partition coefficient (Wildman–Crippen LogP) is 5.51. The second kappa shape index (κ2) is 11.8. The van der Waals surface area contributed by atoms with Gasteiger partial charge in [0.2, 0.25) is 0 Å². The molecule has 1 aromatic heterocycles. The minimum absolute atomic E-state index is 0.0263. The lowest BCUT2D eigenvalue weighted by atomic mass is 9.90. The summed E-state index contributed by atoms with van der Waals surface area (Å²) in [7, 11) is 1.52. The van der Waals surface area contributed by atoms with Crippen molar-refractivity contribution in [1.29, 1.82) is 0 Å². The normalized spacial score (nSPS) is 10.8. The van der Waals surface area contributed by atoms with Gasteiger partial charge in [0.15, 0.2) is 0 Å². The second-order valence-corrected chi connectivity index (χ2v) is 8.66. The number of nitrogens with one attached hydrogen (secondary N) is 2. The van der Waals surface area contributed by atoms with Gasteiger partial charge in [-0.15, -0.1) is 0 Å². The van der Waals surface area contributed by atoms with E-state index in [1.54, 1.807) is 24.4 Å². The molecule has 0 aliphatic heterocycles. The van der Waals surface area contributed by atoms with Crippen LogP contribution >= 0.6 is 0 Å². The Morgan fingerprint density at radius 3 is 2.41 bits per heavy atom. The van der Waals surface area contributed by atoms with Crippen molar-refractivity contribution in [1.82, 2.24) is 10.3 Å². The van der Waals surface area contributed by atoms with Crippen LogP contribution in [0.5, 0.6) is 5.75 Å². The molecule has 3 aromatic carbocycles. The largest absolute Gasteiger partial charge is 0.496 e. The maximum atomic E-state index is 15.1. The number of nitrogens with zero attached hydrogens (tertiary/aromatic N) is 1. The molecule has 0 aliphatic carbocycles. The average molecular weight is 500 g/mol. The summed E-state index contributed by atoms with van der Waals surface area (Å²) in [4.78, 5) is 16.8. The Morgan fingerprint density at radius 1 is 0.973 bits per heavy atom. The molecule has 4 aromatic rings. The quantitative estimate of drug-likeness (QED) is 0.264. The molecule has 0 atom stereocenters. The lowest BCUT2D eigenvalue weighted by Crippen LogP contribution is -2.18. The summed E-state index contributed by atoms with van der Waals surface area (Å²) in [6, 6.07) is 20.3. The highest BCUT2D eigenvalue weighted by molar-refractivity contribution is 6.03. The van der Waals surface area contributed by atoms with Crippen LogP contribution in [0.25, 0.3) is 22.3 Å². The molecule has 0 spiro atoms. The summed E-state index contributed by atoms with van der Waals surface area (Å²) in [6.45, 7) is 4.56. The molecule has 0 saturated carbocycles. The molecule has 3 N–H and O–H groups in total. The molecule has 37 heavy (non-hydrogen) atoms. The molecule has 1 amide bonds. The number of amides is 1. The van der Waals surface area contributed by atoms with Crippen LogP contribution in [0.4, 0.5) is 10.1 Å². The van der Waals surface area contributed by atoms with Gasteiger partial charge in [-0.05, 0) is 77.6 Å². The highest BCUT2D eigenvalue weighted by atomic mass is 19.1. The summed E-state index contributed by atoms with van der Waals surface area (Å²) < 4.78 is 20.6. The van der Waals surface area contributed by atoms with E-state index in [0.29, 0.717) is 34.8 Å². The number of rotatable bonds is 9. The number of hydrogen-bond donors (Lipinski definition) is 3. The number of methoxy groups -OCH3 is 1. The summed E-state index contributed by atoms with van der Waals surface area (Å²) in [5.74, 6) is -0.205. The molecule has 0 radical (unpaired) electrons. The molecule has 0 bridgehead atoms. The van der Waals surface area contributed by atoms with Gasteiger partial charge >= 0.3 is 0 Å². The Labute approximate surface area is 216 Å². The zero-order chi connectivity index (χ0) is 26.4. The van der Waals surface area contributed by atoms with E-state index in [1.165, 1.54) is 13.2 Å². The summed E-state index contributed by atoms with van der Waals surface area (Å²) >= 11 is 0. The number of aliphatic hydroxyl groups excluding tert-OH is 1. The van der Waals surface area contributed by atoms with Gasteiger partial charge in [-0.1, -0.05) is 36.4 Å². The number of hydrogen-bond acceptors (Lipinski definition) is 5. The van der Waals surface area contributed by atoms with Crippen molar-refractivity contribution >= 4 is 11.6 Å². The van der Waals surface area contributed by atoms with Gasteiger partial charge in [0.1, 0.15) is 17.3 Å². The first-order valence-corrected chi connectivity index (χ1v) is 12.0. The van der Waals surface area contributed by atoms with Gasteiger partial charge in [-0.25, -0.2) is 4.39 Å². The van der Waals surface area contributed by atoms with Gasteiger partial charge in [-0.3, -0.25) is 9.78 Å². The van der Waals surface area contributed by atoms with Gasteiger partial charge in [-0.2, -0.15) is 0 Å². The average Bonchev–Trinajstić information content (AvgIpc) is 2.91. The van der Waals surface area contributed by atoms with Crippen molar-refractivity contribution in [3.8, 4) is 28.0 Å². The van der Waals surface area contributed by atoms with Crippen LogP contribution in [-0.4, -0.2) is 36.3 Å². The van der Waals surface area contributed by atoms with E-state index in [9.17, 15) is 4.79 Å². The number of halogens is 1. The van der Waals surface area contributed by atoms with Crippen molar-refractivity contribution in [2.24, 2.45) is 0 Å². The summed E-state index contributed by atoms with van der Waals surface area (Å²) in [6.07, 6.45) is 1.59. The van der Waals surface area contributed by atoms with E-state index in [2.05, 4.69) is 15.6 Å². The van der Waals surface area contributed by atoms with Crippen LogP contribution in [0.15, 0.2) is 72.9 Å². The topological polar surface area (TPSA) is 83.5 Å². The zero-order valence-corrected chi connectivity index (χ0v) is 21.1. The van der Waals surface area contributed by atoms with E-state index in [0.717, 1.165) is 27.8 Å². The summed E-state index contributed by atoms with van der Waals surface area (Å²) in [5, 5.41) is 15.0. The number of ether oxygens (including phenoxy) is 1. The van der Waals surface area contributed by atoms with Crippen LogP contribution in [0.1, 0.15) is 27.2 Å². The maximum Gasteiger partial charge on any atom is 0.274 e. The summed E-state index contributed by atoms with van der Waals surface area (Å²) in [5.41, 5.74) is 6.89. The number of aliphatic hydroxyl groups is 1.